The molecule has 0 N–H and O–H groups in total. The van der Waals surface area contributed by atoms with Crippen LogP contribution in [0.15, 0.2) is 65.4 Å². The second kappa shape index (κ2) is 7.09. The molecule has 0 radical (unpaired) electrons. The number of carbonyl (C=O) groups is 1. The fourth-order valence-corrected chi connectivity index (χ4v) is 3.06. The van der Waals surface area contributed by atoms with Gasteiger partial charge in [-0.2, -0.15) is 0 Å². The molecule has 0 aliphatic carbocycles. The number of hydrogen-bond donors (Lipinski definition) is 0. The summed E-state index contributed by atoms with van der Waals surface area (Å²) in [4.78, 5) is 18.8. The summed E-state index contributed by atoms with van der Waals surface area (Å²) < 4.78 is 24.3. The number of benzene rings is 2. The number of oxazole rings is 1. The van der Waals surface area contributed by atoms with Crippen LogP contribution in [0.5, 0.6) is 0 Å². The lowest BCUT2D eigenvalue weighted by Crippen LogP contribution is -2.42. The summed E-state index contributed by atoms with van der Waals surface area (Å²) in [5.74, 6) is -0.0407. The maximum absolute atomic E-state index is 13.1. The molecule has 0 unspecified atom stereocenters. The van der Waals surface area contributed by atoms with E-state index in [1.165, 1.54) is 18.5 Å². The van der Waals surface area contributed by atoms with Crippen LogP contribution in [0.3, 0.4) is 0 Å². The van der Waals surface area contributed by atoms with E-state index in [2.05, 4.69) is 4.98 Å². The molecule has 0 saturated carbocycles. The monoisotopic (exact) mass is 352 g/mol. The van der Waals surface area contributed by atoms with E-state index in [-0.39, 0.29) is 23.5 Å². The molecule has 2 heterocycles. The Morgan fingerprint density at radius 2 is 1.88 bits per heavy atom. The Labute approximate surface area is 150 Å². The third-order valence-electron chi connectivity index (χ3n) is 4.40. The van der Waals surface area contributed by atoms with E-state index in [1.807, 2.05) is 30.3 Å². The van der Waals surface area contributed by atoms with Crippen molar-refractivity contribution in [2.45, 2.75) is 6.10 Å². The molecule has 1 amide bonds. The van der Waals surface area contributed by atoms with Crippen LogP contribution in [-0.2, 0) is 4.74 Å². The van der Waals surface area contributed by atoms with Gasteiger partial charge in [0.05, 0.1) is 13.2 Å². The molecule has 1 aliphatic rings. The van der Waals surface area contributed by atoms with Gasteiger partial charge in [-0.15, -0.1) is 0 Å². The molecular formula is C20H17FN2O3. The number of halogens is 1. The third kappa shape index (κ3) is 3.23. The van der Waals surface area contributed by atoms with Crippen molar-refractivity contribution in [2.75, 3.05) is 19.7 Å². The van der Waals surface area contributed by atoms with Gasteiger partial charge in [0.15, 0.2) is 17.8 Å². The minimum atomic E-state index is -0.299. The number of aromatic nitrogens is 1. The lowest BCUT2D eigenvalue weighted by atomic mass is 10.1. The molecule has 1 saturated heterocycles. The predicted octanol–water partition coefficient (Wildman–Crippen LogP) is 3.69. The normalized spacial score (nSPS) is 17.3. The van der Waals surface area contributed by atoms with Gasteiger partial charge in [0.25, 0.3) is 5.91 Å². The van der Waals surface area contributed by atoms with Gasteiger partial charge in [0.2, 0.25) is 0 Å². The topological polar surface area (TPSA) is 55.6 Å². The highest BCUT2D eigenvalue weighted by Crippen LogP contribution is 2.27. The van der Waals surface area contributed by atoms with Crippen molar-refractivity contribution in [3.05, 3.63) is 78.1 Å². The molecule has 3 aromatic rings. The molecule has 4 rings (SSSR count). The van der Waals surface area contributed by atoms with Crippen molar-refractivity contribution >= 4 is 5.91 Å². The van der Waals surface area contributed by atoms with E-state index < -0.39 is 0 Å². The summed E-state index contributed by atoms with van der Waals surface area (Å²) in [5.41, 5.74) is 1.93. The quantitative estimate of drug-likeness (QED) is 0.721. The van der Waals surface area contributed by atoms with Gasteiger partial charge < -0.3 is 14.1 Å². The van der Waals surface area contributed by atoms with E-state index in [0.717, 1.165) is 11.1 Å². The molecule has 0 spiro atoms. The highest BCUT2D eigenvalue weighted by molar-refractivity contribution is 5.97. The van der Waals surface area contributed by atoms with E-state index in [1.54, 1.807) is 17.0 Å². The molecular weight excluding hydrogens is 335 g/mol. The van der Waals surface area contributed by atoms with Crippen LogP contribution in [0.2, 0.25) is 0 Å². The molecule has 26 heavy (non-hydrogen) atoms. The van der Waals surface area contributed by atoms with Crippen molar-refractivity contribution in [1.82, 2.24) is 9.88 Å². The van der Waals surface area contributed by atoms with Crippen molar-refractivity contribution in [3.63, 3.8) is 0 Å². The van der Waals surface area contributed by atoms with Crippen LogP contribution in [0.25, 0.3) is 11.3 Å². The first kappa shape index (κ1) is 16.5. The lowest BCUT2D eigenvalue weighted by molar-refractivity contribution is -0.0230. The van der Waals surface area contributed by atoms with E-state index in [0.29, 0.717) is 25.5 Å². The number of ether oxygens (including phenoxy) is 1. The van der Waals surface area contributed by atoms with E-state index in [4.69, 9.17) is 9.15 Å². The molecule has 2 aromatic carbocycles. The van der Waals surface area contributed by atoms with E-state index in [9.17, 15) is 9.18 Å². The zero-order valence-corrected chi connectivity index (χ0v) is 14.0. The molecule has 1 fully saturated rings. The maximum atomic E-state index is 13.1. The second-order valence-corrected chi connectivity index (χ2v) is 6.06. The van der Waals surface area contributed by atoms with Crippen molar-refractivity contribution in [3.8, 4) is 11.3 Å². The Kier molecular flexibility index (Phi) is 4.50. The summed E-state index contributed by atoms with van der Waals surface area (Å²) in [6.45, 7) is 1.26. The SMILES string of the molecule is O=C(c1ncoc1-c1ccccc1)N1CCO[C@H](c2ccc(F)cc2)C1. The first-order valence-corrected chi connectivity index (χ1v) is 8.37. The van der Waals surface area contributed by atoms with Crippen LogP contribution in [0, 0.1) is 5.82 Å². The Bertz CT molecular complexity index is 893. The summed E-state index contributed by atoms with van der Waals surface area (Å²) in [5, 5.41) is 0. The van der Waals surface area contributed by atoms with Gasteiger partial charge in [-0.25, -0.2) is 9.37 Å². The molecule has 5 nitrogen and oxygen atoms in total. The highest BCUT2D eigenvalue weighted by Gasteiger charge is 2.29. The number of carbonyl (C=O) groups excluding carboxylic acids is 1. The Hall–Kier alpha value is -2.99. The summed E-state index contributed by atoms with van der Waals surface area (Å²) in [7, 11) is 0. The smallest absolute Gasteiger partial charge is 0.276 e. The standard InChI is InChI=1S/C20H17FN2O3/c21-16-8-6-14(7-9-16)17-12-23(10-11-25-17)20(24)18-19(26-13-22-18)15-4-2-1-3-5-15/h1-9,13,17H,10-12H2/t17-/m0/s1. The minimum Gasteiger partial charge on any atom is -0.443 e. The molecule has 0 bridgehead atoms. The maximum Gasteiger partial charge on any atom is 0.276 e. The van der Waals surface area contributed by atoms with E-state index >= 15 is 0 Å². The first-order chi connectivity index (χ1) is 12.7. The minimum absolute atomic E-state index is 0.201. The lowest BCUT2D eigenvalue weighted by Gasteiger charge is -2.32. The van der Waals surface area contributed by atoms with Crippen LogP contribution in [-0.4, -0.2) is 35.5 Å². The number of nitrogens with zero attached hydrogens (tertiary/aromatic N) is 2. The number of morpholine rings is 1. The van der Waals surface area contributed by atoms with Gasteiger partial charge in [0, 0.05) is 12.1 Å². The fourth-order valence-electron chi connectivity index (χ4n) is 3.06. The summed E-state index contributed by atoms with van der Waals surface area (Å²) >= 11 is 0. The molecule has 6 heteroatoms. The van der Waals surface area contributed by atoms with Gasteiger partial charge in [-0.05, 0) is 17.7 Å². The first-order valence-electron chi connectivity index (χ1n) is 8.37. The fraction of sp³-hybridized carbons (Fsp3) is 0.200. The zero-order valence-electron chi connectivity index (χ0n) is 14.0. The Morgan fingerprint density at radius 3 is 2.65 bits per heavy atom. The molecule has 1 atom stereocenters. The zero-order chi connectivity index (χ0) is 17.9. The third-order valence-corrected chi connectivity index (χ3v) is 4.40. The average Bonchev–Trinajstić information content (AvgIpc) is 3.18. The molecule has 1 aromatic heterocycles. The predicted molar refractivity (Wildman–Crippen MR) is 92.9 cm³/mol. The summed E-state index contributed by atoms with van der Waals surface area (Å²) in [6.07, 6.45) is 0.994. The van der Waals surface area contributed by atoms with Gasteiger partial charge in [0.1, 0.15) is 11.9 Å². The van der Waals surface area contributed by atoms with Crippen LogP contribution in [0.1, 0.15) is 22.2 Å². The van der Waals surface area contributed by atoms with Crippen molar-refractivity contribution in [1.29, 1.82) is 0 Å². The highest BCUT2D eigenvalue weighted by atomic mass is 19.1. The Balaban J connectivity index is 1.55. The largest absolute Gasteiger partial charge is 0.443 e. The molecule has 132 valence electrons. The second-order valence-electron chi connectivity index (χ2n) is 6.06. The summed E-state index contributed by atoms with van der Waals surface area (Å²) in [6, 6.07) is 15.6. The van der Waals surface area contributed by atoms with Gasteiger partial charge in [-0.3, -0.25) is 4.79 Å². The molecule has 1 aliphatic heterocycles. The van der Waals surface area contributed by atoms with Crippen LogP contribution in [0.4, 0.5) is 4.39 Å². The number of rotatable bonds is 3. The number of hydrogen-bond acceptors (Lipinski definition) is 4. The number of amides is 1. The van der Waals surface area contributed by atoms with Gasteiger partial charge >= 0.3 is 0 Å². The van der Waals surface area contributed by atoms with Gasteiger partial charge in [-0.1, -0.05) is 42.5 Å². The van der Waals surface area contributed by atoms with Crippen molar-refractivity contribution in [2.24, 2.45) is 0 Å². The Morgan fingerprint density at radius 1 is 1.12 bits per heavy atom. The van der Waals surface area contributed by atoms with Crippen molar-refractivity contribution < 1.29 is 18.3 Å². The van der Waals surface area contributed by atoms with Crippen LogP contribution < -0.4 is 0 Å². The van der Waals surface area contributed by atoms with Crippen LogP contribution >= 0.6 is 0 Å². The average molecular weight is 352 g/mol.